The van der Waals surface area contributed by atoms with Crippen molar-refractivity contribution in [1.29, 1.82) is 0 Å². The Kier molecular flexibility index (Phi) is 9.35. The zero-order valence-corrected chi connectivity index (χ0v) is 15.3. The zero-order chi connectivity index (χ0) is 20.2. The number of ether oxygens (including phenoxy) is 2. The van der Waals surface area contributed by atoms with Crippen molar-refractivity contribution in [3.05, 3.63) is 35.9 Å². The van der Waals surface area contributed by atoms with Crippen LogP contribution < -0.4 is 10.6 Å². The third-order valence-electron chi connectivity index (χ3n) is 3.52. The lowest BCUT2D eigenvalue weighted by atomic mass is 10.0. The molecule has 1 aromatic rings. The molecule has 9 heteroatoms. The Morgan fingerprint density at radius 3 is 2.37 bits per heavy atom. The van der Waals surface area contributed by atoms with Gasteiger partial charge in [0.25, 0.3) is 0 Å². The van der Waals surface area contributed by atoms with E-state index in [1.807, 2.05) is 6.07 Å². The molecular weight excluding hydrogens is 356 g/mol. The molecule has 2 amide bonds. The molecule has 0 radical (unpaired) electrons. The van der Waals surface area contributed by atoms with Crippen molar-refractivity contribution in [3.63, 3.8) is 0 Å². The van der Waals surface area contributed by atoms with E-state index in [0.717, 1.165) is 5.56 Å². The number of aliphatic carboxylic acids is 1. The molecule has 0 aliphatic heterocycles. The van der Waals surface area contributed by atoms with Crippen molar-refractivity contribution < 1.29 is 33.8 Å². The monoisotopic (exact) mass is 380 g/mol. The summed E-state index contributed by atoms with van der Waals surface area (Å²) in [6, 6.07) is 7.71. The lowest BCUT2D eigenvalue weighted by Gasteiger charge is -2.18. The number of amides is 2. The maximum absolute atomic E-state index is 11.9. The predicted molar refractivity (Wildman–Crippen MR) is 94.6 cm³/mol. The highest BCUT2D eigenvalue weighted by Crippen LogP contribution is 2.09. The number of esters is 1. The van der Waals surface area contributed by atoms with Gasteiger partial charge in [-0.1, -0.05) is 37.3 Å². The minimum Gasteiger partial charge on any atom is -0.480 e. The van der Waals surface area contributed by atoms with Crippen LogP contribution in [0.1, 0.15) is 25.8 Å². The van der Waals surface area contributed by atoms with Crippen LogP contribution in [0.4, 0.5) is 4.79 Å². The SMILES string of the molecule is CCOC(=O)[C@@H](C)C[C@@H](NC(=O)CNC(=O)OCc1ccccc1)C(=O)O. The van der Waals surface area contributed by atoms with Crippen LogP contribution in [0.2, 0.25) is 0 Å². The highest BCUT2D eigenvalue weighted by atomic mass is 16.5. The summed E-state index contributed by atoms with van der Waals surface area (Å²) in [4.78, 5) is 46.3. The number of carboxylic acid groups (broad SMARTS) is 1. The van der Waals surface area contributed by atoms with Crippen LogP contribution in [0, 0.1) is 5.92 Å². The van der Waals surface area contributed by atoms with Gasteiger partial charge in [0.1, 0.15) is 19.2 Å². The van der Waals surface area contributed by atoms with Crippen molar-refractivity contribution >= 4 is 23.9 Å². The maximum atomic E-state index is 11.9. The Balaban J connectivity index is 2.39. The van der Waals surface area contributed by atoms with Crippen LogP contribution in [-0.4, -0.2) is 48.2 Å². The number of carbonyl (C=O) groups excluding carboxylic acids is 3. The van der Waals surface area contributed by atoms with E-state index >= 15 is 0 Å². The quantitative estimate of drug-likeness (QED) is 0.517. The molecule has 0 fully saturated rings. The first kappa shape index (κ1) is 21.9. The molecule has 0 aliphatic carbocycles. The van der Waals surface area contributed by atoms with Crippen molar-refractivity contribution in [3.8, 4) is 0 Å². The lowest BCUT2D eigenvalue weighted by molar-refractivity contribution is -0.149. The molecule has 1 rings (SSSR count). The maximum Gasteiger partial charge on any atom is 0.407 e. The smallest absolute Gasteiger partial charge is 0.407 e. The van der Waals surface area contributed by atoms with Crippen molar-refractivity contribution in [2.45, 2.75) is 32.9 Å². The highest BCUT2D eigenvalue weighted by Gasteiger charge is 2.26. The fourth-order valence-corrected chi connectivity index (χ4v) is 2.13. The van der Waals surface area contributed by atoms with E-state index in [1.165, 1.54) is 6.92 Å². The molecule has 0 saturated heterocycles. The van der Waals surface area contributed by atoms with Gasteiger partial charge in [0.05, 0.1) is 12.5 Å². The first-order valence-corrected chi connectivity index (χ1v) is 8.46. The summed E-state index contributed by atoms with van der Waals surface area (Å²) in [7, 11) is 0. The van der Waals surface area contributed by atoms with Crippen molar-refractivity contribution in [2.24, 2.45) is 5.92 Å². The van der Waals surface area contributed by atoms with Gasteiger partial charge in [-0.2, -0.15) is 0 Å². The third kappa shape index (κ3) is 8.70. The van der Waals surface area contributed by atoms with Gasteiger partial charge < -0.3 is 25.2 Å². The van der Waals surface area contributed by atoms with E-state index in [1.54, 1.807) is 31.2 Å². The summed E-state index contributed by atoms with van der Waals surface area (Å²) in [5.74, 6) is -3.24. The fourth-order valence-electron chi connectivity index (χ4n) is 2.13. The second kappa shape index (κ2) is 11.5. The van der Waals surface area contributed by atoms with E-state index in [9.17, 15) is 24.3 Å². The second-order valence-corrected chi connectivity index (χ2v) is 5.76. The number of carbonyl (C=O) groups is 4. The standard InChI is InChI=1S/C18H24N2O7/c1-3-26-17(24)12(2)9-14(16(22)23)20-15(21)10-19-18(25)27-11-13-7-5-4-6-8-13/h4-8,12,14H,3,9-11H2,1-2H3,(H,19,25)(H,20,21)(H,22,23)/t12-,14+/m0/s1. The van der Waals surface area contributed by atoms with Crippen LogP contribution in [-0.2, 0) is 30.5 Å². The topological polar surface area (TPSA) is 131 Å². The number of benzene rings is 1. The fraction of sp³-hybridized carbons (Fsp3) is 0.444. The van der Waals surface area contributed by atoms with E-state index in [0.29, 0.717) is 0 Å². The van der Waals surface area contributed by atoms with E-state index in [4.69, 9.17) is 9.47 Å². The molecule has 27 heavy (non-hydrogen) atoms. The summed E-state index contributed by atoms with van der Waals surface area (Å²) in [6.45, 7) is 2.93. The van der Waals surface area contributed by atoms with E-state index < -0.39 is 42.4 Å². The molecule has 0 spiro atoms. The second-order valence-electron chi connectivity index (χ2n) is 5.76. The van der Waals surface area contributed by atoms with Gasteiger partial charge in [0.15, 0.2) is 0 Å². The van der Waals surface area contributed by atoms with Crippen molar-refractivity contribution in [1.82, 2.24) is 10.6 Å². The molecule has 0 saturated carbocycles. The molecule has 0 bridgehead atoms. The average Bonchev–Trinajstić information content (AvgIpc) is 2.65. The van der Waals surface area contributed by atoms with Crippen LogP contribution in [0.15, 0.2) is 30.3 Å². The van der Waals surface area contributed by atoms with Gasteiger partial charge >= 0.3 is 18.0 Å². The Morgan fingerprint density at radius 1 is 1.11 bits per heavy atom. The highest BCUT2D eigenvalue weighted by molar-refractivity contribution is 5.87. The normalized spacial score (nSPS) is 12.4. The van der Waals surface area contributed by atoms with Gasteiger partial charge in [0.2, 0.25) is 5.91 Å². The largest absolute Gasteiger partial charge is 0.480 e. The summed E-state index contributed by atoms with van der Waals surface area (Å²) in [5, 5.41) is 13.7. The van der Waals surface area contributed by atoms with Gasteiger partial charge in [-0.05, 0) is 18.9 Å². The average molecular weight is 380 g/mol. The molecule has 9 nitrogen and oxygen atoms in total. The van der Waals surface area contributed by atoms with Gasteiger partial charge in [-0.25, -0.2) is 9.59 Å². The molecule has 2 atom stereocenters. The summed E-state index contributed by atoms with van der Waals surface area (Å²) in [5.41, 5.74) is 0.788. The van der Waals surface area contributed by atoms with Crippen LogP contribution >= 0.6 is 0 Å². The summed E-state index contributed by atoms with van der Waals surface area (Å²) < 4.78 is 9.76. The number of carboxylic acids is 1. The molecule has 1 aromatic carbocycles. The van der Waals surface area contributed by atoms with Gasteiger partial charge in [-0.3, -0.25) is 9.59 Å². The minimum atomic E-state index is -1.29. The van der Waals surface area contributed by atoms with Gasteiger partial charge in [-0.15, -0.1) is 0 Å². The molecule has 148 valence electrons. The number of hydrogen-bond donors (Lipinski definition) is 3. The Labute approximate surface area is 157 Å². The minimum absolute atomic E-state index is 0.0447. The lowest BCUT2D eigenvalue weighted by Crippen LogP contribution is -2.46. The van der Waals surface area contributed by atoms with Gasteiger partial charge in [0, 0.05) is 0 Å². The summed E-state index contributed by atoms with van der Waals surface area (Å²) in [6.07, 6.45) is -0.931. The van der Waals surface area contributed by atoms with Crippen molar-refractivity contribution in [2.75, 3.05) is 13.2 Å². The Hall–Kier alpha value is -3.10. The zero-order valence-electron chi connectivity index (χ0n) is 15.3. The Bertz CT molecular complexity index is 648. The van der Waals surface area contributed by atoms with E-state index in [2.05, 4.69) is 10.6 Å². The van der Waals surface area contributed by atoms with Crippen LogP contribution in [0.5, 0.6) is 0 Å². The predicted octanol–water partition coefficient (Wildman–Crippen LogP) is 1.07. The number of hydrogen-bond acceptors (Lipinski definition) is 6. The molecule has 0 aliphatic rings. The number of alkyl carbamates (subject to hydrolysis) is 1. The third-order valence-corrected chi connectivity index (χ3v) is 3.52. The van der Waals surface area contributed by atoms with Crippen LogP contribution in [0.3, 0.4) is 0 Å². The van der Waals surface area contributed by atoms with Crippen LogP contribution in [0.25, 0.3) is 0 Å². The molecule has 3 N–H and O–H groups in total. The summed E-state index contributed by atoms with van der Waals surface area (Å²) >= 11 is 0. The molecular formula is C18H24N2O7. The first-order valence-electron chi connectivity index (χ1n) is 8.46. The molecule has 0 unspecified atom stereocenters. The number of nitrogens with one attached hydrogen (secondary N) is 2. The molecule has 0 heterocycles. The molecule has 0 aromatic heterocycles. The number of rotatable bonds is 10. The Morgan fingerprint density at radius 2 is 1.78 bits per heavy atom. The first-order chi connectivity index (χ1) is 12.8. The van der Waals surface area contributed by atoms with E-state index in [-0.39, 0.29) is 19.6 Å².